The first kappa shape index (κ1) is 17.7. The fourth-order valence-electron chi connectivity index (χ4n) is 2.34. The van der Waals surface area contributed by atoms with E-state index in [1.807, 2.05) is 18.7 Å². The lowest BCUT2D eigenvalue weighted by Crippen LogP contribution is -2.38. The van der Waals surface area contributed by atoms with E-state index in [0.29, 0.717) is 38.8 Å². The van der Waals surface area contributed by atoms with Crippen molar-refractivity contribution in [1.82, 2.24) is 20.1 Å². The van der Waals surface area contributed by atoms with Crippen LogP contribution in [0, 0.1) is 5.92 Å². The molecule has 1 aliphatic heterocycles. The molecule has 0 bridgehead atoms. The molecule has 1 amide bonds. The highest BCUT2D eigenvalue weighted by Gasteiger charge is 2.29. The average molecular weight is 345 g/mol. The smallest absolute Gasteiger partial charge is 0.251 e. The average Bonchev–Trinajstić information content (AvgIpc) is 2.91. The number of rotatable bonds is 6. The summed E-state index contributed by atoms with van der Waals surface area (Å²) >= 11 is 0. The van der Waals surface area contributed by atoms with Crippen molar-refractivity contribution in [2.45, 2.75) is 25.5 Å². The molecule has 0 atom stereocenters. The van der Waals surface area contributed by atoms with Gasteiger partial charge in [-0.3, -0.25) is 9.36 Å². The summed E-state index contributed by atoms with van der Waals surface area (Å²) in [7, 11) is -2.45. The predicted octanol–water partition coefficient (Wildman–Crippen LogP) is -0.710. The zero-order chi connectivity index (χ0) is 17.0. The number of nitrogens with zero attached hydrogens (tertiary/aromatic N) is 4. The summed E-state index contributed by atoms with van der Waals surface area (Å²) in [4.78, 5) is 13.4. The van der Waals surface area contributed by atoms with E-state index in [1.54, 1.807) is 4.57 Å². The second-order valence-corrected chi connectivity index (χ2v) is 7.70. The third-order valence-corrected chi connectivity index (χ3v) is 4.92. The molecule has 10 heteroatoms. The van der Waals surface area contributed by atoms with Crippen LogP contribution in [0.1, 0.15) is 13.8 Å². The molecule has 23 heavy (non-hydrogen) atoms. The van der Waals surface area contributed by atoms with Gasteiger partial charge in [-0.2, -0.15) is 0 Å². The molecule has 1 N–H and O–H groups in total. The van der Waals surface area contributed by atoms with Crippen LogP contribution in [0.3, 0.4) is 0 Å². The van der Waals surface area contributed by atoms with Gasteiger partial charge < -0.3 is 15.0 Å². The highest BCUT2D eigenvalue weighted by molar-refractivity contribution is 7.91. The molecular weight excluding hydrogens is 322 g/mol. The molecular formula is C13H23N5O4S. The third-order valence-electron chi connectivity index (χ3n) is 3.42. The number of carbonyl (C=O) groups is 1. The van der Waals surface area contributed by atoms with Crippen LogP contribution in [0.2, 0.25) is 0 Å². The number of aromatic nitrogens is 3. The summed E-state index contributed by atoms with van der Waals surface area (Å²) in [5.41, 5.74) is 0. The molecule has 0 aliphatic carbocycles. The Kier molecular flexibility index (Phi) is 5.58. The second-order valence-electron chi connectivity index (χ2n) is 5.82. The Morgan fingerprint density at radius 2 is 1.96 bits per heavy atom. The number of carbonyl (C=O) groups excluding carboxylic acids is 1. The molecule has 0 radical (unpaired) electrons. The summed E-state index contributed by atoms with van der Waals surface area (Å²) in [6, 6.07) is 0. The lowest BCUT2D eigenvalue weighted by Gasteiger charge is -2.28. The summed E-state index contributed by atoms with van der Waals surface area (Å²) < 4.78 is 31.8. The van der Waals surface area contributed by atoms with Gasteiger partial charge in [-0.25, -0.2) is 8.42 Å². The minimum Gasteiger partial charge on any atom is -0.378 e. The van der Waals surface area contributed by atoms with Gasteiger partial charge in [0.25, 0.3) is 5.16 Å². The van der Waals surface area contributed by atoms with Crippen LogP contribution < -0.4 is 10.2 Å². The minimum absolute atomic E-state index is 0.156. The first-order valence-electron chi connectivity index (χ1n) is 7.54. The minimum atomic E-state index is -3.85. The zero-order valence-corrected chi connectivity index (χ0v) is 14.5. The van der Waals surface area contributed by atoms with Gasteiger partial charge in [0, 0.05) is 26.7 Å². The van der Waals surface area contributed by atoms with Gasteiger partial charge in [-0.05, 0) is 5.92 Å². The second kappa shape index (κ2) is 7.26. The van der Waals surface area contributed by atoms with Gasteiger partial charge >= 0.3 is 0 Å². The summed E-state index contributed by atoms with van der Waals surface area (Å²) in [5.74, 6) is -0.489. The lowest BCUT2D eigenvalue weighted by molar-refractivity contribution is -0.118. The van der Waals surface area contributed by atoms with Crippen molar-refractivity contribution in [2.75, 3.05) is 44.0 Å². The van der Waals surface area contributed by atoms with Crippen LogP contribution in [-0.2, 0) is 25.9 Å². The van der Waals surface area contributed by atoms with E-state index >= 15 is 0 Å². The fraction of sp³-hybridized carbons (Fsp3) is 0.769. The first-order chi connectivity index (χ1) is 10.8. The highest BCUT2D eigenvalue weighted by atomic mass is 32.2. The molecule has 0 spiro atoms. The van der Waals surface area contributed by atoms with E-state index in [2.05, 4.69) is 15.5 Å². The van der Waals surface area contributed by atoms with Crippen LogP contribution in [0.25, 0.3) is 0 Å². The predicted molar refractivity (Wildman–Crippen MR) is 84.0 cm³/mol. The first-order valence-corrected chi connectivity index (χ1v) is 9.19. The van der Waals surface area contributed by atoms with Crippen molar-refractivity contribution in [2.24, 2.45) is 5.92 Å². The topological polar surface area (TPSA) is 106 Å². The van der Waals surface area contributed by atoms with Crippen molar-refractivity contribution < 1.29 is 17.9 Å². The zero-order valence-electron chi connectivity index (χ0n) is 13.7. The van der Waals surface area contributed by atoms with Crippen LogP contribution >= 0.6 is 0 Å². The number of hydrogen-bond donors (Lipinski definition) is 1. The van der Waals surface area contributed by atoms with E-state index in [0.717, 1.165) is 0 Å². The number of hydrogen-bond acceptors (Lipinski definition) is 7. The maximum atomic E-state index is 12.5. The molecule has 0 aromatic carbocycles. The highest BCUT2D eigenvalue weighted by Crippen LogP contribution is 2.21. The Hall–Kier alpha value is -1.68. The van der Waals surface area contributed by atoms with Crippen LogP contribution in [0.4, 0.5) is 5.95 Å². The Morgan fingerprint density at radius 1 is 1.30 bits per heavy atom. The molecule has 1 aliphatic rings. The molecule has 0 saturated carbocycles. The van der Waals surface area contributed by atoms with Crippen LogP contribution in [0.5, 0.6) is 0 Å². The molecule has 0 unspecified atom stereocenters. The Bertz CT molecular complexity index is 649. The van der Waals surface area contributed by atoms with Crippen molar-refractivity contribution in [3.05, 3.63) is 0 Å². The van der Waals surface area contributed by atoms with E-state index in [9.17, 15) is 13.2 Å². The molecule has 2 rings (SSSR count). The molecule has 1 fully saturated rings. The van der Waals surface area contributed by atoms with Gasteiger partial charge in [0.05, 0.1) is 13.2 Å². The van der Waals surface area contributed by atoms with Crippen molar-refractivity contribution in [1.29, 1.82) is 0 Å². The largest absolute Gasteiger partial charge is 0.378 e. The van der Waals surface area contributed by atoms with Crippen LogP contribution in [-0.4, -0.2) is 68.2 Å². The number of amides is 1. The number of nitrogens with one attached hydrogen (secondary N) is 1. The van der Waals surface area contributed by atoms with Crippen LogP contribution in [0.15, 0.2) is 5.16 Å². The molecule has 1 aromatic rings. The SMILES string of the molecule is CNC(=O)CS(=O)(=O)c1nnc(N2CCOCC2)n1CC(C)C. The van der Waals surface area contributed by atoms with Gasteiger partial charge in [0.1, 0.15) is 5.75 Å². The number of ether oxygens (including phenoxy) is 1. The summed E-state index contributed by atoms with van der Waals surface area (Å²) in [6.45, 7) is 6.82. The quantitative estimate of drug-likeness (QED) is 0.726. The third kappa shape index (κ3) is 4.20. The number of morpholine rings is 1. The summed E-state index contributed by atoms with van der Waals surface area (Å²) in [6.07, 6.45) is 0. The Morgan fingerprint density at radius 3 is 2.52 bits per heavy atom. The summed E-state index contributed by atoms with van der Waals surface area (Å²) in [5, 5.41) is 10.1. The maximum absolute atomic E-state index is 12.5. The molecule has 130 valence electrons. The molecule has 1 aromatic heterocycles. The molecule has 9 nitrogen and oxygen atoms in total. The van der Waals surface area contributed by atoms with Gasteiger partial charge in [-0.1, -0.05) is 13.8 Å². The van der Waals surface area contributed by atoms with Crippen molar-refractivity contribution in [3.8, 4) is 0 Å². The van der Waals surface area contributed by atoms with Gasteiger partial charge in [0.2, 0.25) is 21.7 Å². The van der Waals surface area contributed by atoms with Crippen molar-refractivity contribution in [3.63, 3.8) is 0 Å². The monoisotopic (exact) mass is 345 g/mol. The van der Waals surface area contributed by atoms with Gasteiger partial charge in [0.15, 0.2) is 0 Å². The van der Waals surface area contributed by atoms with E-state index in [-0.39, 0.29) is 11.1 Å². The number of sulfone groups is 1. The maximum Gasteiger partial charge on any atom is 0.251 e. The number of anilines is 1. The van der Waals surface area contributed by atoms with E-state index < -0.39 is 21.5 Å². The fourth-order valence-corrected chi connectivity index (χ4v) is 3.62. The Balaban J connectivity index is 2.39. The normalized spacial score (nSPS) is 15.9. The van der Waals surface area contributed by atoms with E-state index in [4.69, 9.17) is 4.74 Å². The molecule has 2 heterocycles. The van der Waals surface area contributed by atoms with Gasteiger partial charge in [-0.15, -0.1) is 10.2 Å². The lowest BCUT2D eigenvalue weighted by atomic mass is 10.2. The van der Waals surface area contributed by atoms with E-state index in [1.165, 1.54) is 7.05 Å². The standard InChI is InChI=1S/C13H23N5O4S/c1-10(2)8-18-12(17-4-6-22-7-5-17)15-16-13(18)23(20,21)9-11(19)14-3/h10H,4-9H2,1-3H3,(H,14,19). The Labute approximate surface area is 135 Å². The molecule has 1 saturated heterocycles. The van der Waals surface area contributed by atoms with Crippen molar-refractivity contribution >= 4 is 21.7 Å².